The van der Waals surface area contributed by atoms with E-state index in [1.165, 1.54) is 22.9 Å². The van der Waals surface area contributed by atoms with Gasteiger partial charge in [-0.1, -0.05) is 6.92 Å². The normalized spacial score (nSPS) is 22.5. The molecule has 2 heterocycles. The van der Waals surface area contributed by atoms with Gasteiger partial charge in [0.25, 0.3) is 5.91 Å². The molecule has 1 N–H and O–H groups in total. The number of carboxylic acids is 1. The molecule has 1 aliphatic heterocycles. The molecule has 0 radical (unpaired) electrons. The first-order valence-corrected chi connectivity index (χ1v) is 7.67. The Kier molecular flexibility index (Phi) is 4.46. The Morgan fingerprint density at radius 3 is 2.84 bits per heavy atom. The van der Waals surface area contributed by atoms with Gasteiger partial charge in [0.15, 0.2) is 0 Å². The van der Waals surface area contributed by atoms with E-state index in [9.17, 15) is 14.7 Å². The van der Waals surface area contributed by atoms with Crippen molar-refractivity contribution in [1.29, 1.82) is 0 Å². The number of halogens is 1. The molecule has 1 aliphatic rings. The average Bonchev–Trinajstić information content (AvgIpc) is 2.82. The molecule has 0 saturated carbocycles. The first-order valence-electron chi connectivity index (χ1n) is 5.83. The minimum Gasteiger partial charge on any atom is -0.480 e. The first-order chi connectivity index (χ1) is 9.04. The van der Waals surface area contributed by atoms with Gasteiger partial charge in [0.1, 0.15) is 10.6 Å². The van der Waals surface area contributed by atoms with E-state index in [0.29, 0.717) is 15.9 Å². The van der Waals surface area contributed by atoms with Crippen molar-refractivity contribution in [2.45, 2.75) is 24.8 Å². The van der Waals surface area contributed by atoms with Gasteiger partial charge in [-0.2, -0.15) is 0 Å². The lowest BCUT2D eigenvalue weighted by Crippen LogP contribution is -2.45. The summed E-state index contributed by atoms with van der Waals surface area (Å²) in [6.45, 7) is 1.95. The number of pyridine rings is 1. The van der Waals surface area contributed by atoms with Crippen LogP contribution in [0.25, 0.3) is 0 Å². The number of carbonyl (C=O) groups excluding carboxylic acids is 1. The summed E-state index contributed by atoms with van der Waals surface area (Å²) in [6, 6.07) is 2.56. The molecule has 1 aromatic heterocycles. The molecule has 1 saturated heterocycles. The number of aliphatic carboxylic acids is 1. The molecule has 1 aromatic rings. The molecule has 0 bridgehead atoms. The van der Waals surface area contributed by atoms with Gasteiger partial charge in [0.2, 0.25) is 0 Å². The maximum atomic E-state index is 12.4. The number of hydrogen-bond donors (Lipinski definition) is 1. The zero-order valence-electron chi connectivity index (χ0n) is 10.2. The fourth-order valence-corrected chi connectivity index (χ4v) is 3.57. The third kappa shape index (κ3) is 2.92. The van der Waals surface area contributed by atoms with E-state index in [0.717, 1.165) is 6.42 Å². The average molecular weight is 345 g/mol. The molecule has 2 rings (SSSR count). The highest BCUT2D eigenvalue weighted by molar-refractivity contribution is 9.10. The van der Waals surface area contributed by atoms with E-state index in [4.69, 9.17) is 0 Å². The smallest absolute Gasteiger partial charge is 0.327 e. The van der Waals surface area contributed by atoms with Gasteiger partial charge in [-0.3, -0.25) is 4.79 Å². The van der Waals surface area contributed by atoms with Crippen LogP contribution in [-0.2, 0) is 4.79 Å². The molecule has 102 valence electrons. The predicted molar refractivity (Wildman–Crippen MR) is 76.1 cm³/mol. The summed E-state index contributed by atoms with van der Waals surface area (Å²) in [7, 11) is 0. The maximum Gasteiger partial charge on any atom is 0.327 e. The molecular weight excluding hydrogens is 332 g/mol. The molecule has 1 fully saturated rings. The molecule has 1 amide bonds. The number of carbonyl (C=O) groups is 2. The molecule has 0 aromatic carbocycles. The van der Waals surface area contributed by atoms with Crippen molar-refractivity contribution in [2.24, 2.45) is 0 Å². The topological polar surface area (TPSA) is 70.5 Å². The summed E-state index contributed by atoms with van der Waals surface area (Å²) in [6.07, 6.45) is 2.19. The minimum atomic E-state index is -0.957. The number of rotatable bonds is 3. The maximum absolute atomic E-state index is 12.4. The molecular formula is C12H13BrN2O3S. The van der Waals surface area contributed by atoms with E-state index < -0.39 is 12.0 Å². The number of thioether (sulfide) groups is 1. The number of hydrogen-bond acceptors (Lipinski definition) is 4. The zero-order chi connectivity index (χ0) is 14.0. The Labute approximate surface area is 123 Å². The van der Waals surface area contributed by atoms with Crippen molar-refractivity contribution < 1.29 is 14.7 Å². The lowest BCUT2D eigenvalue weighted by Gasteiger charge is -2.26. The van der Waals surface area contributed by atoms with Crippen molar-refractivity contribution in [1.82, 2.24) is 9.88 Å². The molecule has 7 heteroatoms. The standard InChI is InChI=1S/C12H13BrN2O3S/c1-2-10-15(8(6-19-10)12(17)18)11(16)7-3-4-9(13)14-5-7/h3-5,8,10H,2,6H2,1H3,(H,17,18). The number of aromatic nitrogens is 1. The third-order valence-corrected chi connectivity index (χ3v) is 4.86. The fraction of sp³-hybridized carbons (Fsp3) is 0.417. The zero-order valence-corrected chi connectivity index (χ0v) is 12.6. The van der Waals surface area contributed by atoms with E-state index in [1.807, 2.05) is 6.92 Å². The highest BCUT2D eigenvalue weighted by Gasteiger charge is 2.41. The van der Waals surface area contributed by atoms with Gasteiger partial charge in [0.05, 0.1) is 10.9 Å². The van der Waals surface area contributed by atoms with Crippen LogP contribution in [0.1, 0.15) is 23.7 Å². The van der Waals surface area contributed by atoms with Crippen LogP contribution in [0.15, 0.2) is 22.9 Å². The van der Waals surface area contributed by atoms with Crippen LogP contribution in [0.3, 0.4) is 0 Å². The van der Waals surface area contributed by atoms with Crippen molar-refractivity contribution in [3.05, 3.63) is 28.5 Å². The largest absolute Gasteiger partial charge is 0.480 e. The van der Waals surface area contributed by atoms with Gasteiger partial charge >= 0.3 is 5.97 Å². The van der Waals surface area contributed by atoms with E-state index in [1.54, 1.807) is 12.1 Å². The Balaban J connectivity index is 2.28. The van der Waals surface area contributed by atoms with Crippen molar-refractivity contribution in [3.8, 4) is 0 Å². The van der Waals surface area contributed by atoms with Gasteiger partial charge < -0.3 is 10.0 Å². The second-order valence-electron chi connectivity index (χ2n) is 4.13. The SMILES string of the molecule is CCC1SCC(C(=O)O)N1C(=O)c1ccc(Br)nc1. The van der Waals surface area contributed by atoms with Gasteiger partial charge in [0, 0.05) is 11.9 Å². The lowest BCUT2D eigenvalue weighted by atomic mass is 10.2. The van der Waals surface area contributed by atoms with Crippen LogP contribution in [0.2, 0.25) is 0 Å². The summed E-state index contributed by atoms with van der Waals surface area (Å²) in [5.74, 6) is -0.796. The molecule has 0 aliphatic carbocycles. The number of nitrogens with zero attached hydrogens (tertiary/aromatic N) is 2. The van der Waals surface area contributed by atoms with Crippen LogP contribution in [0, 0.1) is 0 Å². The Hall–Kier alpha value is -1.08. The molecule has 2 unspecified atom stereocenters. The molecule has 2 atom stereocenters. The van der Waals surface area contributed by atoms with Gasteiger partial charge in [-0.15, -0.1) is 11.8 Å². The second-order valence-corrected chi connectivity index (χ2v) is 6.16. The van der Waals surface area contributed by atoms with Gasteiger partial charge in [-0.25, -0.2) is 9.78 Å². The van der Waals surface area contributed by atoms with Crippen molar-refractivity contribution in [2.75, 3.05) is 5.75 Å². The van der Waals surface area contributed by atoms with Crippen LogP contribution in [0.4, 0.5) is 0 Å². The molecule has 19 heavy (non-hydrogen) atoms. The quantitative estimate of drug-likeness (QED) is 0.851. The minimum absolute atomic E-state index is 0.0859. The Morgan fingerprint density at radius 2 is 2.32 bits per heavy atom. The van der Waals surface area contributed by atoms with Gasteiger partial charge in [-0.05, 0) is 34.5 Å². The number of carboxylic acid groups (broad SMARTS) is 1. The van der Waals surface area contributed by atoms with E-state index >= 15 is 0 Å². The van der Waals surface area contributed by atoms with Crippen LogP contribution < -0.4 is 0 Å². The predicted octanol–water partition coefficient (Wildman–Crippen LogP) is 2.22. The first kappa shape index (κ1) is 14.3. The third-order valence-electron chi connectivity index (χ3n) is 2.94. The van der Waals surface area contributed by atoms with Crippen LogP contribution in [0.5, 0.6) is 0 Å². The summed E-state index contributed by atoms with van der Waals surface area (Å²) in [5, 5.41) is 9.12. The van der Waals surface area contributed by atoms with Crippen molar-refractivity contribution >= 4 is 39.6 Å². The molecule has 0 spiro atoms. The Bertz CT molecular complexity index is 494. The Morgan fingerprint density at radius 1 is 1.58 bits per heavy atom. The summed E-state index contributed by atoms with van der Waals surface area (Å²) in [5.41, 5.74) is 0.412. The second kappa shape index (κ2) is 5.92. The fourth-order valence-electron chi connectivity index (χ4n) is 1.99. The summed E-state index contributed by atoms with van der Waals surface area (Å²) in [4.78, 5) is 29.1. The van der Waals surface area contributed by atoms with Crippen molar-refractivity contribution in [3.63, 3.8) is 0 Å². The van der Waals surface area contributed by atoms with E-state index in [2.05, 4.69) is 20.9 Å². The summed E-state index contributed by atoms with van der Waals surface area (Å²) < 4.78 is 0.640. The lowest BCUT2D eigenvalue weighted by molar-refractivity contribution is -0.141. The summed E-state index contributed by atoms with van der Waals surface area (Å²) >= 11 is 4.71. The number of amides is 1. The molecule has 5 nitrogen and oxygen atoms in total. The highest BCUT2D eigenvalue weighted by atomic mass is 79.9. The highest BCUT2D eigenvalue weighted by Crippen LogP contribution is 2.32. The van der Waals surface area contributed by atoms with Crippen LogP contribution >= 0.6 is 27.7 Å². The monoisotopic (exact) mass is 344 g/mol. The van der Waals surface area contributed by atoms with E-state index in [-0.39, 0.29) is 11.3 Å². The van der Waals surface area contributed by atoms with Crippen LogP contribution in [-0.4, -0.2) is 44.0 Å².